The number of hydrogen-bond donors (Lipinski definition) is 3. The van der Waals surface area contributed by atoms with Gasteiger partial charge < -0.3 is 48.3 Å². The Morgan fingerprint density at radius 2 is 1.71 bits per heavy atom. The van der Waals surface area contributed by atoms with Crippen LogP contribution in [0.2, 0.25) is 0 Å². The van der Waals surface area contributed by atoms with E-state index < -0.39 is 51.9 Å². The van der Waals surface area contributed by atoms with Gasteiger partial charge in [-0.1, -0.05) is 62.4 Å². The molecule has 5 aliphatic heterocycles. The summed E-state index contributed by atoms with van der Waals surface area (Å²) >= 11 is 0. The summed E-state index contributed by atoms with van der Waals surface area (Å²) in [7, 11) is 7.61. The van der Waals surface area contributed by atoms with Crippen LogP contribution in [0.25, 0.3) is 17.0 Å². The number of quaternary nitrogens is 1. The molecule has 10 rings (SSSR count). The zero-order valence-corrected chi connectivity index (χ0v) is 42.6. The van der Waals surface area contributed by atoms with E-state index in [2.05, 4.69) is 35.0 Å². The van der Waals surface area contributed by atoms with Crippen molar-refractivity contribution in [2.24, 2.45) is 11.3 Å². The number of hydrogen-bond acceptors (Lipinski definition) is 13. The van der Waals surface area contributed by atoms with Gasteiger partial charge in [-0.25, -0.2) is 4.79 Å². The molecule has 4 aromatic rings. The Balaban J connectivity index is 1.19. The number of ketones is 1. The van der Waals surface area contributed by atoms with Gasteiger partial charge in [-0.05, 0) is 84.8 Å². The number of phenols is 1. The molecule has 15 heteroatoms. The number of benzene rings is 3. The predicted octanol–water partition coefficient (Wildman–Crippen LogP) is 6.31. The first-order chi connectivity index (χ1) is 34.5. The van der Waals surface area contributed by atoms with Crippen molar-refractivity contribution in [2.45, 2.75) is 87.5 Å². The number of nitrogens with one attached hydrogen (secondary N) is 1. The second-order valence-corrected chi connectivity index (χ2v) is 21.1. The number of likely N-dealkylation sites (N-methyl/N-ethyl adjacent to an activating group) is 1. The molecule has 15 nitrogen and oxygen atoms in total. The number of ether oxygens (including phenoxy) is 5. The van der Waals surface area contributed by atoms with Crippen LogP contribution in [0, 0.1) is 11.3 Å². The zero-order valence-electron chi connectivity index (χ0n) is 42.6. The van der Waals surface area contributed by atoms with Crippen molar-refractivity contribution >= 4 is 46.4 Å². The number of aromatic nitrogens is 1. The first-order valence-electron chi connectivity index (χ1n) is 25.2. The third-order valence-corrected chi connectivity index (χ3v) is 17.6. The fourth-order valence-corrected chi connectivity index (χ4v) is 15.0. The summed E-state index contributed by atoms with van der Waals surface area (Å²) in [6.07, 6.45) is 11.0. The number of carbonyl (C=O) groups excluding carboxylic acids is 4. The fourth-order valence-electron chi connectivity index (χ4n) is 15.0. The van der Waals surface area contributed by atoms with Crippen LogP contribution in [0.3, 0.4) is 0 Å². The number of H-pyrrole nitrogens is 1. The lowest BCUT2D eigenvalue weighted by molar-refractivity contribution is -0.920. The van der Waals surface area contributed by atoms with Gasteiger partial charge in [-0.15, -0.1) is 0 Å². The van der Waals surface area contributed by atoms with Crippen LogP contribution in [-0.4, -0.2) is 147 Å². The number of fused-ring (bicyclic) bond motifs is 6. The van der Waals surface area contributed by atoms with Crippen molar-refractivity contribution in [3.05, 3.63) is 112 Å². The number of methoxy groups -OCH3 is 4. The highest BCUT2D eigenvalue weighted by molar-refractivity contribution is 5.96. The molecule has 0 unspecified atom stereocenters. The molecule has 0 radical (unpaired) electrons. The summed E-state index contributed by atoms with van der Waals surface area (Å²) in [5.74, 6) is -1.51. The van der Waals surface area contributed by atoms with Gasteiger partial charge in [0.1, 0.15) is 24.3 Å². The van der Waals surface area contributed by atoms with Gasteiger partial charge in [0.15, 0.2) is 17.6 Å². The number of rotatable bonds is 12. The number of para-hydroxylation sites is 1. The number of phenolic OH excluding ortho intramolecular Hbond substituents is 1. The lowest BCUT2D eigenvalue weighted by Gasteiger charge is -2.63. The third-order valence-electron chi connectivity index (χ3n) is 17.6. The molecule has 0 amide bonds. The van der Waals surface area contributed by atoms with E-state index in [9.17, 15) is 24.6 Å². The second kappa shape index (κ2) is 18.0. The summed E-state index contributed by atoms with van der Waals surface area (Å²) in [4.78, 5) is 65.9. The van der Waals surface area contributed by atoms with Crippen molar-refractivity contribution in [3.63, 3.8) is 0 Å². The molecular weight excluding hydrogens is 917 g/mol. The van der Waals surface area contributed by atoms with Crippen molar-refractivity contribution in [1.82, 2.24) is 9.88 Å². The maximum Gasteiger partial charge on any atom is 0.344 e. The minimum absolute atomic E-state index is 0.0159. The molecule has 1 saturated carbocycles. The van der Waals surface area contributed by atoms with E-state index in [1.54, 1.807) is 37.5 Å². The SMILES string of the molecule is CCC1=C[C@@H]2C[C@](C(=O)OC)(c3cc4c(cc3OC)N(C)[C@H]3[C@@](O)(C(=O)OC)[C@H](OC(C)=O)[C@]5(CC)C=CCN6CC[C@]43[C@@H]65)c3[nH]c4ccccc4c3CC[N@@+](CC(=O)/C=C/c3ccc(O)c(OC)c3)(C1)C2. The third kappa shape index (κ3) is 7.00. The molecule has 1 saturated heterocycles. The van der Waals surface area contributed by atoms with Crippen LogP contribution >= 0.6 is 0 Å². The molecule has 2 fully saturated rings. The monoisotopic (exact) mass is 983 g/mol. The molecule has 3 aromatic carbocycles. The Morgan fingerprint density at radius 3 is 2.42 bits per heavy atom. The standard InChI is InChI=1S/C57H66N4O11/c1-9-35-26-37-30-56(52(65)70-7,48-40(39-14-11-12-15-43(39)58-48)20-25-61(31-35,32-37)33-38(63)18-16-36-17-19-45(64)47(27-36)69-6)42-28-41-44(29-46(42)68-5)59(4)50-55(41)22-24-60-23-13-21-54(10-2,49(55)60)51(72-34(3)62)57(50,67)53(66)71-8/h11-19,21,26-29,37,49-51,58,67H,9-10,20,22-25,30-33H2,1-8H3/p+1/t37-,49+,50-,51-,54-,55-,56+,57+,61-/m1/s1. The van der Waals surface area contributed by atoms with Gasteiger partial charge in [0.2, 0.25) is 11.4 Å². The number of aromatic amines is 1. The zero-order chi connectivity index (χ0) is 51.1. The topological polar surface area (TPSA) is 177 Å². The number of esters is 3. The van der Waals surface area contributed by atoms with Crippen LogP contribution < -0.4 is 14.4 Å². The molecule has 1 spiro atoms. The largest absolute Gasteiger partial charge is 0.504 e. The first-order valence-corrected chi connectivity index (χ1v) is 25.2. The van der Waals surface area contributed by atoms with E-state index in [4.69, 9.17) is 23.7 Å². The maximum atomic E-state index is 15.7. The van der Waals surface area contributed by atoms with Gasteiger partial charge >= 0.3 is 17.9 Å². The Hall–Kier alpha value is -6.42. The van der Waals surface area contributed by atoms with Gasteiger partial charge in [0.25, 0.3) is 0 Å². The van der Waals surface area contributed by atoms with Crippen molar-refractivity contribution in [1.29, 1.82) is 0 Å². The van der Waals surface area contributed by atoms with Crippen molar-refractivity contribution < 1.29 is 57.6 Å². The molecular formula is C57H67N4O11+. The van der Waals surface area contributed by atoms with Gasteiger partial charge in [-0.2, -0.15) is 0 Å². The highest BCUT2D eigenvalue weighted by Crippen LogP contribution is 2.68. The highest BCUT2D eigenvalue weighted by Gasteiger charge is 2.80. The number of aromatic hydroxyl groups is 1. The van der Waals surface area contributed by atoms with E-state index in [1.165, 1.54) is 33.8 Å². The second-order valence-electron chi connectivity index (χ2n) is 21.1. The van der Waals surface area contributed by atoms with Crippen LogP contribution in [-0.2, 0) is 50.6 Å². The molecule has 1 aliphatic carbocycles. The Bertz CT molecular complexity index is 2980. The van der Waals surface area contributed by atoms with Crippen molar-refractivity contribution in [2.75, 3.05) is 79.7 Å². The normalized spacial score (nSPS) is 31.3. The summed E-state index contributed by atoms with van der Waals surface area (Å²) in [5.41, 5.74) is 0.712. The minimum Gasteiger partial charge on any atom is -0.504 e. The minimum atomic E-state index is -2.34. The average molecular weight is 984 g/mol. The smallest absolute Gasteiger partial charge is 0.344 e. The molecule has 6 heterocycles. The van der Waals surface area contributed by atoms with E-state index in [1.807, 2.05) is 55.3 Å². The summed E-state index contributed by atoms with van der Waals surface area (Å²) in [6.45, 7) is 8.77. The summed E-state index contributed by atoms with van der Waals surface area (Å²) in [5, 5.41) is 24.7. The molecule has 3 N–H and O–H groups in total. The van der Waals surface area contributed by atoms with E-state index in [0.717, 1.165) is 34.0 Å². The van der Waals surface area contributed by atoms with Gasteiger partial charge in [-0.3, -0.25) is 19.3 Å². The molecule has 1 aromatic heterocycles. The van der Waals surface area contributed by atoms with Crippen LogP contribution in [0.4, 0.5) is 5.69 Å². The van der Waals surface area contributed by atoms with Gasteiger partial charge in [0, 0.05) is 83.6 Å². The maximum absolute atomic E-state index is 15.7. The van der Waals surface area contributed by atoms with Gasteiger partial charge in [0.05, 0.1) is 47.6 Å². The summed E-state index contributed by atoms with van der Waals surface area (Å²) < 4.78 is 30.1. The summed E-state index contributed by atoms with van der Waals surface area (Å²) in [6, 6.07) is 15.8. The Kier molecular flexibility index (Phi) is 12.3. The van der Waals surface area contributed by atoms with Crippen molar-refractivity contribution in [3.8, 4) is 17.2 Å². The lowest BCUT2D eigenvalue weighted by atomic mass is 9.47. The number of nitrogens with zero attached hydrogens (tertiary/aromatic N) is 3. The molecule has 9 atom stereocenters. The highest BCUT2D eigenvalue weighted by atomic mass is 16.6. The van der Waals surface area contributed by atoms with Crippen LogP contribution in [0.5, 0.6) is 17.2 Å². The van der Waals surface area contributed by atoms with E-state index >= 15 is 4.79 Å². The first kappa shape index (κ1) is 49.2. The van der Waals surface area contributed by atoms with Crippen LogP contribution in [0.15, 0.2) is 84.5 Å². The lowest BCUT2D eigenvalue weighted by Crippen LogP contribution is -2.81. The number of anilines is 1. The Labute approximate surface area is 420 Å². The van der Waals surface area contributed by atoms with E-state index in [-0.39, 0.29) is 36.5 Å². The Morgan fingerprint density at radius 1 is 0.944 bits per heavy atom. The molecule has 72 heavy (non-hydrogen) atoms. The average Bonchev–Trinajstić information content (AvgIpc) is 4.04. The van der Waals surface area contributed by atoms with Crippen LogP contribution in [0.1, 0.15) is 74.4 Å². The molecule has 2 bridgehead atoms. The number of aliphatic hydroxyl groups is 1. The fraction of sp³-hybridized carbons (Fsp3) is 0.474. The molecule has 380 valence electrons. The molecule has 6 aliphatic rings. The number of carbonyl (C=O) groups is 4. The van der Waals surface area contributed by atoms with E-state index in [0.29, 0.717) is 84.9 Å². The predicted molar refractivity (Wildman–Crippen MR) is 271 cm³/mol. The quantitative estimate of drug-likeness (QED) is 0.0474.